The lowest BCUT2D eigenvalue weighted by atomic mass is 9.91. The van der Waals surface area contributed by atoms with Crippen molar-refractivity contribution in [1.29, 1.82) is 0 Å². The summed E-state index contributed by atoms with van der Waals surface area (Å²) in [5.41, 5.74) is 4.92. The Hall–Kier alpha value is -1.53. The lowest BCUT2D eigenvalue weighted by Gasteiger charge is -2.17. The quantitative estimate of drug-likeness (QED) is 0.383. The third-order valence-electron chi connectivity index (χ3n) is 2.52. The van der Waals surface area contributed by atoms with Crippen LogP contribution in [0.15, 0.2) is 5.18 Å². The average Bonchev–Trinajstić information content (AvgIpc) is 2.18. The molecule has 7 heteroatoms. The summed E-state index contributed by atoms with van der Waals surface area (Å²) >= 11 is 0. The van der Waals surface area contributed by atoms with E-state index in [9.17, 15) is 19.8 Å². The van der Waals surface area contributed by atoms with Crippen molar-refractivity contribution in [3.05, 3.63) is 15.0 Å². The van der Waals surface area contributed by atoms with Crippen molar-refractivity contribution in [3.8, 4) is 0 Å². The second-order valence-electron chi connectivity index (χ2n) is 3.45. The van der Waals surface area contributed by atoms with Gasteiger partial charge in [0.1, 0.15) is 0 Å². The van der Waals surface area contributed by atoms with Gasteiger partial charge in [-0.3, -0.25) is 14.9 Å². The maximum Gasteiger partial charge on any atom is 0.245 e. The van der Waals surface area contributed by atoms with Crippen molar-refractivity contribution >= 4 is 5.91 Å². The van der Waals surface area contributed by atoms with Crippen molar-refractivity contribution in [2.45, 2.75) is 38.8 Å². The van der Waals surface area contributed by atoms with Crippen LogP contribution in [0.3, 0.4) is 0 Å². The highest BCUT2D eigenvalue weighted by molar-refractivity contribution is 5.79. The second-order valence-corrected chi connectivity index (χ2v) is 3.45. The number of carbonyl (C=O) groups is 1. The first-order chi connectivity index (χ1) is 6.93. The van der Waals surface area contributed by atoms with E-state index in [0.29, 0.717) is 6.42 Å². The summed E-state index contributed by atoms with van der Waals surface area (Å²) in [4.78, 5) is 31.1. The molecule has 0 aromatic carbocycles. The van der Waals surface area contributed by atoms with E-state index in [1.807, 2.05) is 0 Å². The molecular formula is C8H15N3O4. The first-order valence-corrected chi connectivity index (χ1v) is 4.69. The van der Waals surface area contributed by atoms with Crippen molar-refractivity contribution in [3.63, 3.8) is 0 Å². The topological polar surface area (TPSA) is 116 Å². The molecule has 0 rings (SSSR count). The number of nitrogens with zero attached hydrogens (tertiary/aromatic N) is 2. The highest BCUT2D eigenvalue weighted by Gasteiger charge is 2.30. The first-order valence-electron chi connectivity index (χ1n) is 4.69. The summed E-state index contributed by atoms with van der Waals surface area (Å²) in [6, 6.07) is -1.98. The SMILES string of the molecule is CCC(CC(N=O)C(N)=O)C(C)[N+](=O)[O-]. The van der Waals surface area contributed by atoms with E-state index in [-0.39, 0.29) is 12.3 Å². The van der Waals surface area contributed by atoms with E-state index in [1.54, 1.807) is 6.92 Å². The Morgan fingerprint density at radius 1 is 1.60 bits per heavy atom. The zero-order chi connectivity index (χ0) is 12.0. The van der Waals surface area contributed by atoms with Crippen molar-refractivity contribution < 1.29 is 9.72 Å². The average molecular weight is 217 g/mol. The van der Waals surface area contributed by atoms with Gasteiger partial charge in [-0.25, -0.2) is 0 Å². The Bertz CT molecular complexity index is 256. The molecule has 86 valence electrons. The molecule has 0 bridgehead atoms. The summed E-state index contributed by atoms with van der Waals surface area (Å²) in [6.07, 6.45) is 0.541. The Labute approximate surface area is 87.1 Å². The van der Waals surface area contributed by atoms with Crippen LogP contribution in [-0.2, 0) is 4.79 Å². The first kappa shape index (κ1) is 13.5. The number of nitrogens with two attached hydrogens (primary N) is 1. The van der Waals surface area contributed by atoms with Gasteiger partial charge in [0.15, 0.2) is 6.04 Å². The number of nitro groups is 1. The molecule has 0 spiro atoms. The van der Waals surface area contributed by atoms with Crippen molar-refractivity contribution in [2.24, 2.45) is 16.8 Å². The zero-order valence-corrected chi connectivity index (χ0v) is 8.75. The number of carbonyl (C=O) groups excluding carboxylic acids is 1. The van der Waals surface area contributed by atoms with E-state index in [2.05, 4.69) is 5.18 Å². The largest absolute Gasteiger partial charge is 0.368 e. The van der Waals surface area contributed by atoms with Crippen LogP contribution >= 0.6 is 0 Å². The molecule has 0 aliphatic rings. The highest BCUT2D eigenvalue weighted by atomic mass is 16.6. The normalized spacial score (nSPS) is 16.4. The van der Waals surface area contributed by atoms with Crippen molar-refractivity contribution in [1.82, 2.24) is 0 Å². The van der Waals surface area contributed by atoms with E-state index >= 15 is 0 Å². The molecule has 0 saturated heterocycles. The maximum absolute atomic E-state index is 10.7. The fourth-order valence-corrected chi connectivity index (χ4v) is 1.37. The molecule has 0 fully saturated rings. The van der Waals surface area contributed by atoms with Crippen molar-refractivity contribution in [2.75, 3.05) is 0 Å². The lowest BCUT2D eigenvalue weighted by Crippen LogP contribution is -2.34. The molecule has 15 heavy (non-hydrogen) atoms. The van der Waals surface area contributed by atoms with E-state index in [1.165, 1.54) is 6.92 Å². The molecule has 0 saturated carbocycles. The van der Waals surface area contributed by atoms with Crippen LogP contribution in [-0.4, -0.2) is 22.9 Å². The molecule has 0 heterocycles. The van der Waals surface area contributed by atoms with E-state index in [0.717, 1.165) is 0 Å². The summed E-state index contributed by atoms with van der Waals surface area (Å²) in [5.74, 6) is -1.20. The summed E-state index contributed by atoms with van der Waals surface area (Å²) in [7, 11) is 0. The van der Waals surface area contributed by atoms with Gasteiger partial charge in [-0.2, -0.15) is 0 Å². The third kappa shape index (κ3) is 4.01. The minimum Gasteiger partial charge on any atom is -0.368 e. The van der Waals surface area contributed by atoms with Gasteiger partial charge >= 0.3 is 0 Å². The van der Waals surface area contributed by atoms with Crippen LogP contribution < -0.4 is 5.73 Å². The van der Waals surface area contributed by atoms with Gasteiger partial charge in [0.25, 0.3) is 0 Å². The molecule has 3 unspecified atom stereocenters. The van der Waals surface area contributed by atoms with E-state index in [4.69, 9.17) is 5.73 Å². The molecule has 3 atom stereocenters. The lowest BCUT2D eigenvalue weighted by molar-refractivity contribution is -0.528. The third-order valence-corrected chi connectivity index (χ3v) is 2.52. The number of primary amides is 1. The molecule has 1 amide bonds. The minimum atomic E-state index is -1.17. The predicted molar refractivity (Wildman–Crippen MR) is 53.6 cm³/mol. The predicted octanol–water partition coefficient (Wildman–Crippen LogP) is 0.688. The minimum absolute atomic E-state index is 0.0392. The summed E-state index contributed by atoms with van der Waals surface area (Å²) in [6.45, 7) is 3.20. The van der Waals surface area contributed by atoms with Crippen LogP contribution in [0.25, 0.3) is 0 Å². The zero-order valence-electron chi connectivity index (χ0n) is 8.75. The maximum atomic E-state index is 10.7. The Morgan fingerprint density at radius 3 is 2.40 bits per heavy atom. The smallest absolute Gasteiger partial charge is 0.245 e. The van der Waals surface area contributed by atoms with E-state index < -0.39 is 22.9 Å². The van der Waals surface area contributed by atoms with Gasteiger partial charge in [0, 0.05) is 17.8 Å². The van der Waals surface area contributed by atoms with Gasteiger partial charge < -0.3 is 5.73 Å². The van der Waals surface area contributed by atoms with Gasteiger partial charge in [-0.1, -0.05) is 12.1 Å². The van der Waals surface area contributed by atoms with Crippen LogP contribution in [0, 0.1) is 20.9 Å². The molecule has 0 aromatic rings. The molecule has 0 aliphatic carbocycles. The number of rotatable bonds is 7. The van der Waals surface area contributed by atoms with Gasteiger partial charge in [-0.05, 0) is 12.8 Å². The Balaban J connectivity index is 4.49. The molecule has 2 N–H and O–H groups in total. The monoisotopic (exact) mass is 217 g/mol. The fourth-order valence-electron chi connectivity index (χ4n) is 1.37. The molecule has 0 aliphatic heterocycles. The van der Waals surface area contributed by atoms with Crippen LogP contribution in [0.4, 0.5) is 0 Å². The van der Waals surface area contributed by atoms with Gasteiger partial charge in [0.05, 0.1) is 0 Å². The fraction of sp³-hybridized carbons (Fsp3) is 0.875. The number of nitroso groups, excluding NO2 is 1. The Kier molecular flexibility index (Phi) is 5.43. The standard InChI is InChI=1S/C8H15N3O4/c1-3-6(5(2)11(14)15)4-7(10-13)8(9)12/h5-7H,3-4H2,1-2H3,(H2,9,12). The highest BCUT2D eigenvalue weighted by Crippen LogP contribution is 2.19. The summed E-state index contributed by atoms with van der Waals surface area (Å²) in [5, 5.41) is 13.1. The van der Waals surface area contributed by atoms with Crippen LogP contribution in [0.2, 0.25) is 0 Å². The number of hydrogen-bond donors (Lipinski definition) is 1. The number of hydrogen-bond acceptors (Lipinski definition) is 5. The van der Waals surface area contributed by atoms with Gasteiger partial charge in [0.2, 0.25) is 11.9 Å². The summed E-state index contributed by atoms with van der Waals surface area (Å²) < 4.78 is 0. The second kappa shape index (κ2) is 6.05. The molecular weight excluding hydrogens is 202 g/mol. The molecule has 7 nitrogen and oxygen atoms in total. The molecule has 0 aromatic heterocycles. The number of amides is 1. The van der Waals surface area contributed by atoms with Gasteiger partial charge in [-0.15, -0.1) is 4.91 Å². The Morgan fingerprint density at radius 2 is 2.13 bits per heavy atom. The molecule has 0 radical (unpaired) electrons. The van der Waals surface area contributed by atoms with Crippen LogP contribution in [0.5, 0.6) is 0 Å². The van der Waals surface area contributed by atoms with Crippen LogP contribution in [0.1, 0.15) is 26.7 Å².